The topological polar surface area (TPSA) is 107 Å². The summed E-state index contributed by atoms with van der Waals surface area (Å²) in [6, 6.07) is 17.0. The minimum Gasteiger partial charge on any atom is -0.490 e. The van der Waals surface area contributed by atoms with E-state index in [0.29, 0.717) is 17.2 Å². The zero-order valence-electron chi connectivity index (χ0n) is 17.9. The summed E-state index contributed by atoms with van der Waals surface area (Å²) in [5.41, 5.74) is 0.969. The van der Waals surface area contributed by atoms with E-state index in [4.69, 9.17) is 14.2 Å². The smallest absolute Gasteiger partial charge is 0.337 e. The summed E-state index contributed by atoms with van der Waals surface area (Å²) in [5.74, 6) is 0.371. The number of nitrogens with one attached hydrogen (secondary N) is 1. The number of aromatic carboxylic acids is 1. The number of hydrogen-bond donors (Lipinski definition) is 2. The molecule has 0 saturated carbocycles. The molecule has 8 nitrogen and oxygen atoms in total. The number of carboxylic acid groups (broad SMARTS) is 1. The molecular weight excluding hydrogens is 424 g/mol. The zero-order valence-corrected chi connectivity index (χ0v) is 17.9. The maximum atomic E-state index is 12.3. The second-order valence-electron chi connectivity index (χ2n) is 7.58. The number of anilines is 1. The molecule has 0 spiro atoms. The van der Waals surface area contributed by atoms with Crippen LogP contribution in [0.2, 0.25) is 0 Å². The Balaban J connectivity index is 1.30. The fourth-order valence-electron chi connectivity index (χ4n) is 3.43. The molecule has 2 N–H and O–H groups in total. The third-order valence-corrected chi connectivity index (χ3v) is 5.11. The van der Waals surface area contributed by atoms with Crippen LogP contribution in [0.3, 0.4) is 0 Å². The Morgan fingerprint density at radius 3 is 2.42 bits per heavy atom. The van der Waals surface area contributed by atoms with Gasteiger partial charge in [0, 0.05) is 25.1 Å². The summed E-state index contributed by atoms with van der Waals surface area (Å²) in [5, 5.41) is 11.9. The standard InChI is InChI=1S/C25H24N2O6/c28-23(27-22-4-2-1-3-21(22)25(29)30)15-17-5-10-24(26-16-17)33-19-8-6-18(7-9-19)32-20-11-13-31-14-12-20/h1-10,16,20H,11-15H2,(H,27,28)(H,29,30). The molecule has 170 valence electrons. The van der Waals surface area contributed by atoms with Gasteiger partial charge in [-0.2, -0.15) is 0 Å². The van der Waals surface area contributed by atoms with E-state index in [-0.39, 0.29) is 29.7 Å². The molecule has 1 aliphatic heterocycles. The van der Waals surface area contributed by atoms with Crippen LogP contribution in [0.5, 0.6) is 17.4 Å². The van der Waals surface area contributed by atoms with Gasteiger partial charge in [-0.25, -0.2) is 9.78 Å². The molecule has 0 unspecified atom stereocenters. The number of benzene rings is 2. The fraction of sp³-hybridized carbons (Fsp3) is 0.240. The van der Waals surface area contributed by atoms with E-state index < -0.39 is 5.97 Å². The molecule has 0 bridgehead atoms. The lowest BCUT2D eigenvalue weighted by Crippen LogP contribution is -2.25. The predicted molar refractivity (Wildman–Crippen MR) is 121 cm³/mol. The summed E-state index contributed by atoms with van der Waals surface area (Å²) < 4.78 is 17.1. The van der Waals surface area contributed by atoms with E-state index >= 15 is 0 Å². The molecule has 1 aromatic heterocycles. The molecule has 4 rings (SSSR count). The normalized spacial score (nSPS) is 13.8. The Hall–Kier alpha value is -3.91. The van der Waals surface area contributed by atoms with Crippen LogP contribution in [-0.4, -0.2) is 41.3 Å². The quantitative estimate of drug-likeness (QED) is 0.529. The Labute approximate surface area is 191 Å². The van der Waals surface area contributed by atoms with Crippen LogP contribution in [0.1, 0.15) is 28.8 Å². The number of ether oxygens (including phenoxy) is 3. The van der Waals surface area contributed by atoms with E-state index in [9.17, 15) is 14.7 Å². The molecule has 3 aromatic rings. The van der Waals surface area contributed by atoms with Crippen molar-refractivity contribution in [1.82, 2.24) is 4.98 Å². The number of rotatable bonds is 8. The lowest BCUT2D eigenvalue weighted by molar-refractivity contribution is -0.115. The first-order valence-electron chi connectivity index (χ1n) is 10.7. The molecule has 1 amide bonds. The summed E-state index contributed by atoms with van der Waals surface area (Å²) in [4.78, 5) is 27.9. The van der Waals surface area contributed by atoms with Crippen LogP contribution < -0.4 is 14.8 Å². The molecule has 0 radical (unpaired) electrons. The highest BCUT2D eigenvalue weighted by atomic mass is 16.5. The van der Waals surface area contributed by atoms with Crippen LogP contribution in [-0.2, 0) is 16.0 Å². The average Bonchev–Trinajstić information content (AvgIpc) is 2.82. The van der Waals surface area contributed by atoms with Crippen molar-refractivity contribution < 1.29 is 28.9 Å². The van der Waals surface area contributed by atoms with Crippen molar-refractivity contribution in [3.8, 4) is 17.4 Å². The summed E-state index contributed by atoms with van der Waals surface area (Å²) in [6.07, 6.45) is 3.56. The number of carboxylic acids is 1. The van der Waals surface area contributed by atoms with Crippen LogP contribution >= 0.6 is 0 Å². The van der Waals surface area contributed by atoms with E-state index in [1.807, 2.05) is 24.3 Å². The van der Waals surface area contributed by atoms with Crippen LogP contribution in [0.4, 0.5) is 5.69 Å². The van der Waals surface area contributed by atoms with Gasteiger partial charge >= 0.3 is 5.97 Å². The Bertz CT molecular complexity index is 1090. The number of nitrogens with zero attached hydrogens (tertiary/aromatic N) is 1. The molecule has 2 heterocycles. The first-order valence-corrected chi connectivity index (χ1v) is 10.7. The first-order chi connectivity index (χ1) is 16.1. The van der Waals surface area contributed by atoms with Gasteiger partial charge in [0.2, 0.25) is 11.8 Å². The summed E-state index contributed by atoms with van der Waals surface area (Å²) in [7, 11) is 0. The van der Waals surface area contributed by atoms with Crippen molar-refractivity contribution in [2.24, 2.45) is 0 Å². The van der Waals surface area contributed by atoms with Crippen LogP contribution in [0, 0.1) is 0 Å². The first kappa shape index (κ1) is 22.3. The van der Waals surface area contributed by atoms with Gasteiger partial charge in [-0.05, 0) is 42.0 Å². The van der Waals surface area contributed by atoms with Crippen LogP contribution in [0.15, 0.2) is 66.9 Å². The Morgan fingerprint density at radius 2 is 1.73 bits per heavy atom. The molecule has 0 atom stereocenters. The highest BCUT2D eigenvalue weighted by Gasteiger charge is 2.15. The van der Waals surface area contributed by atoms with E-state index in [0.717, 1.165) is 31.8 Å². The number of carbonyl (C=O) groups excluding carboxylic acids is 1. The predicted octanol–water partition coefficient (Wildman–Crippen LogP) is 4.31. The second-order valence-corrected chi connectivity index (χ2v) is 7.58. The number of aromatic nitrogens is 1. The number of pyridine rings is 1. The molecule has 1 aliphatic rings. The lowest BCUT2D eigenvalue weighted by Gasteiger charge is -2.23. The molecule has 33 heavy (non-hydrogen) atoms. The van der Waals surface area contributed by atoms with Crippen molar-refractivity contribution in [3.63, 3.8) is 0 Å². The number of hydrogen-bond acceptors (Lipinski definition) is 6. The number of para-hydroxylation sites is 1. The Morgan fingerprint density at radius 1 is 1.00 bits per heavy atom. The maximum Gasteiger partial charge on any atom is 0.337 e. The number of amides is 1. The highest BCUT2D eigenvalue weighted by molar-refractivity contribution is 6.00. The zero-order chi connectivity index (χ0) is 23.0. The van der Waals surface area contributed by atoms with Crippen LogP contribution in [0.25, 0.3) is 0 Å². The third-order valence-electron chi connectivity index (χ3n) is 5.11. The van der Waals surface area contributed by atoms with Gasteiger partial charge in [0.25, 0.3) is 0 Å². The minimum atomic E-state index is -1.10. The van der Waals surface area contributed by atoms with E-state index in [2.05, 4.69) is 10.3 Å². The average molecular weight is 448 g/mol. The van der Waals surface area contributed by atoms with Gasteiger partial charge in [-0.15, -0.1) is 0 Å². The lowest BCUT2D eigenvalue weighted by atomic mass is 10.1. The van der Waals surface area contributed by atoms with Crippen molar-refractivity contribution in [2.75, 3.05) is 18.5 Å². The van der Waals surface area contributed by atoms with Gasteiger partial charge < -0.3 is 24.6 Å². The van der Waals surface area contributed by atoms with E-state index in [1.54, 1.807) is 36.5 Å². The number of carbonyl (C=O) groups is 2. The highest BCUT2D eigenvalue weighted by Crippen LogP contribution is 2.25. The fourth-order valence-corrected chi connectivity index (χ4v) is 3.43. The van der Waals surface area contributed by atoms with Crippen molar-refractivity contribution in [3.05, 3.63) is 78.0 Å². The van der Waals surface area contributed by atoms with Gasteiger partial charge in [0.15, 0.2) is 0 Å². The van der Waals surface area contributed by atoms with Crippen molar-refractivity contribution >= 4 is 17.6 Å². The van der Waals surface area contributed by atoms with E-state index in [1.165, 1.54) is 6.07 Å². The molecule has 8 heteroatoms. The second kappa shape index (κ2) is 10.6. The van der Waals surface area contributed by atoms with Gasteiger partial charge in [-0.1, -0.05) is 18.2 Å². The van der Waals surface area contributed by atoms with Crippen molar-refractivity contribution in [1.29, 1.82) is 0 Å². The van der Waals surface area contributed by atoms with Crippen molar-refractivity contribution in [2.45, 2.75) is 25.4 Å². The van der Waals surface area contributed by atoms with Gasteiger partial charge in [-0.3, -0.25) is 4.79 Å². The molecular formula is C25H24N2O6. The summed E-state index contributed by atoms with van der Waals surface area (Å²) in [6.45, 7) is 1.45. The maximum absolute atomic E-state index is 12.3. The monoisotopic (exact) mass is 448 g/mol. The van der Waals surface area contributed by atoms with Gasteiger partial charge in [0.1, 0.15) is 17.6 Å². The SMILES string of the molecule is O=C(Cc1ccc(Oc2ccc(OC3CCOCC3)cc2)nc1)Nc1ccccc1C(=O)O. The third kappa shape index (κ3) is 6.30. The largest absolute Gasteiger partial charge is 0.490 e. The van der Waals surface area contributed by atoms with Gasteiger partial charge in [0.05, 0.1) is 30.9 Å². The molecule has 2 aromatic carbocycles. The summed E-state index contributed by atoms with van der Waals surface area (Å²) >= 11 is 0. The Kier molecular flexibility index (Phi) is 7.16. The molecule has 0 aliphatic carbocycles. The minimum absolute atomic E-state index is 0.0388. The molecule has 1 fully saturated rings. The molecule has 1 saturated heterocycles.